The van der Waals surface area contributed by atoms with Crippen LogP contribution in [0.3, 0.4) is 0 Å². The standard InChI is InChI=1S/C12H20O5S/c13-11(14)4-8-18(15,16)10-3-7-17-12(9-10)5-1-2-6-12/h10H,1-9H2,(H,13,14). The Balaban J connectivity index is 2.01. The second-order valence-corrected chi connectivity index (χ2v) is 7.76. The van der Waals surface area contributed by atoms with Crippen molar-refractivity contribution >= 4 is 15.8 Å². The largest absolute Gasteiger partial charge is 0.481 e. The Morgan fingerprint density at radius 2 is 2.00 bits per heavy atom. The zero-order chi connectivity index (χ0) is 13.2. The lowest BCUT2D eigenvalue weighted by Crippen LogP contribution is -2.43. The number of sulfone groups is 1. The Labute approximate surface area is 107 Å². The van der Waals surface area contributed by atoms with Gasteiger partial charge in [0.1, 0.15) is 0 Å². The van der Waals surface area contributed by atoms with Crippen LogP contribution in [0.25, 0.3) is 0 Å². The predicted molar refractivity (Wildman–Crippen MR) is 66.2 cm³/mol. The average molecular weight is 276 g/mol. The van der Waals surface area contributed by atoms with E-state index >= 15 is 0 Å². The maximum Gasteiger partial charge on any atom is 0.304 e. The van der Waals surface area contributed by atoms with Gasteiger partial charge in [0, 0.05) is 6.61 Å². The molecule has 104 valence electrons. The van der Waals surface area contributed by atoms with E-state index in [0.717, 1.165) is 25.7 Å². The molecule has 1 saturated heterocycles. The molecule has 1 atom stereocenters. The molecule has 2 rings (SSSR count). The summed E-state index contributed by atoms with van der Waals surface area (Å²) in [6, 6.07) is 0. The number of carboxylic acids is 1. The summed E-state index contributed by atoms with van der Waals surface area (Å²) in [6.45, 7) is 0.483. The van der Waals surface area contributed by atoms with E-state index in [1.807, 2.05) is 0 Å². The van der Waals surface area contributed by atoms with Gasteiger partial charge in [-0.25, -0.2) is 8.42 Å². The fourth-order valence-electron chi connectivity index (χ4n) is 3.05. The highest BCUT2D eigenvalue weighted by Crippen LogP contribution is 2.41. The van der Waals surface area contributed by atoms with Gasteiger partial charge in [0.15, 0.2) is 9.84 Å². The Bertz CT molecular complexity index is 408. The second-order valence-electron chi connectivity index (χ2n) is 5.36. The molecule has 18 heavy (non-hydrogen) atoms. The van der Waals surface area contributed by atoms with Gasteiger partial charge in [-0.3, -0.25) is 4.79 Å². The molecule has 1 unspecified atom stereocenters. The van der Waals surface area contributed by atoms with E-state index in [4.69, 9.17) is 9.84 Å². The summed E-state index contributed by atoms with van der Waals surface area (Å²) in [4.78, 5) is 10.5. The zero-order valence-corrected chi connectivity index (χ0v) is 11.2. The van der Waals surface area contributed by atoms with Gasteiger partial charge < -0.3 is 9.84 Å². The number of rotatable bonds is 4. The highest BCUT2D eigenvalue weighted by Gasteiger charge is 2.43. The summed E-state index contributed by atoms with van der Waals surface area (Å²) in [7, 11) is -3.30. The lowest BCUT2D eigenvalue weighted by molar-refractivity contribution is -0.136. The van der Waals surface area contributed by atoms with Crippen LogP contribution in [0.2, 0.25) is 0 Å². The summed E-state index contributed by atoms with van der Waals surface area (Å²) >= 11 is 0. The molecule has 6 heteroatoms. The first kappa shape index (κ1) is 13.8. The number of hydrogen-bond acceptors (Lipinski definition) is 4. The monoisotopic (exact) mass is 276 g/mol. The summed E-state index contributed by atoms with van der Waals surface area (Å²) in [5.74, 6) is -1.30. The molecule has 0 aromatic heterocycles. The number of aliphatic carboxylic acids is 1. The Morgan fingerprint density at radius 3 is 2.61 bits per heavy atom. The van der Waals surface area contributed by atoms with E-state index in [9.17, 15) is 13.2 Å². The topological polar surface area (TPSA) is 80.7 Å². The van der Waals surface area contributed by atoms with Crippen LogP contribution >= 0.6 is 0 Å². The van der Waals surface area contributed by atoms with Crippen molar-refractivity contribution in [2.24, 2.45) is 0 Å². The first-order valence-corrected chi connectivity index (χ1v) is 8.22. The minimum atomic E-state index is -3.30. The van der Waals surface area contributed by atoms with Crippen molar-refractivity contribution in [2.45, 2.75) is 55.8 Å². The van der Waals surface area contributed by atoms with E-state index in [0.29, 0.717) is 19.4 Å². The number of carbonyl (C=O) groups is 1. The summed E-state index contributed by atoms with van der Waals surface area (Å²) in [6.07, 6.45) is 4.84. The minimum absolute atomic E-state index is 0.237. The van der Waals surface area contributed by atoms with Gasteiger partial charge in [-0.05, 0) is 25.7 Å². The molecule has 0 bridgehead atoms. The van der Waals surface area contributed by atoms with Crippen molar-refractivity contribution in [3.05, 3.63) is 0 Å². The number of hydrogen-bond donors (Lipinski definition) is 1. The molecule has 0 amide bonds. The molecule has 5 nitrogen and oxygen atoms in total. The Kier molecular flexibility index (Phi) is 3.96. The average Bonchev–Trinajstić information content (AvgIpc) is 2.75. The molecule has 1 spiro atoms. The fraction of sp³-hybridized carbons (Fsp3) is 0.917. The molecule has 0 radical (unpaired) electrons. The first-order valence-electron chi connectivity index (χ1n) is 6.51. The third-order valence-corrected chi connectivity index (χ3v) is 6.26. The predicted octanol–water partition coefficient (Wildman–Crippen LogP) is 1.37. The van der Waals surface area contributed by atoms with E-state index in [1.165, 1.54) is 0 Å². The third-order valence-electron chi connectivity index (χ3n) is 4.07. The van der Waals surface area contributed by atoms with Crippen molar-refractivity contribution in [1.29, 1.82) is 0 Å². The molecule has 2 fully saturated rings. The van der Waals surface area contributed by atoms with Gasteiger partial charge in [-0.1, -0.05) is 12.8 Å². The van der Waals surface area contributed by atoms with Crippen LogP contribution in [0.15, 0.2) is 0 Å². The first-order chi connectivity index (χ1) is 8.44. The molecule has 0 aromatic carbocycles. The van der Waals surface area contributed by atoms with Gasteiger partial charge >= 0.3 is 5.97 Å². The van der Waals surface area contributed by atoms with Crippen LogP contribution < -0.4 is 0 Å². The smallest absolute Gasteiger partial charge is 0.304 e. The normalized spacial score (nSPS) is 27.4. The molecular weight excluding hydrogens is 256 g/mol. The second kappa shape index (κ2) is 5.17. The van der Waals surface area contributed by atoms with E-state index in [1.54, 1.807) is 0 Å². The lowest BCUT2D eigenvalue weighted by atomic mass is 9.92. The van der Waals surface area contributed by atoms with Crippen LogP contribution in [0.1, 0.15) is 44.9 Å². The van der Waals surface area contributed by atoms with Crippen molar-refractivity contribution < 1.29 is 23.1 Å². The maximum absolute atomic E-state index is 12.1. The van der Waals surface area contributed by atoms with Gasteiger partial charge in [-0.15, -0.1) is 0 Å². The lowest BCUT2D eigenvalue weighted by Gasteiger charge is -2.37. The molecular formula is C12H20O5S. The molecule has 1 aliphatic carbocycles. The van der Waals surface area contributed by atoms with E-state index in [2.05, 4.69) is 0 Å². The maximum atomic E-state index is 12.1. The van der Waals surface area contributed by atoms with Gasteiger partial charge in [0.2, 0.25) is 0 Å². The Hall–Kier alpha value is -0.620. The molecule has 0 aromatic rings. The van der Waals surface area contributed by atoms with Crippen molar-refractivity contribution in [3.8, 4) is 0 Å². The van der Waals surface area contributed by atoms with Gasteiger partial charge in [-0.2, -0.15) is 0 Å². The van der Waals surface area contributed by atoms with Crippen molar-refractivity contribution in [1.82, 2.24) is 0 Å². The quantitative estimate of drug-likeness (QED) is 0.838. The van der Waals surface area contributed by atoms with Crippen molar-refractivity contribution in [2.75, 3.05) is 12.4 Å². The van der Waals surface area contributed by atoms with Crippen LogP contribution in [0, 0.1) is 0 Å². The number of ether oxygens (including phenoxy) is 1. The third kappa shape index (κ3) is 3.03. The molecule has 1 heterocycles. The van der Waals surface area contributed by atoms with E-state index < -0.39 is 21.1 Å². The van der Waals surface area contributed by atoms with Gasteiger partial charge in [0.25, 0.3) is 0 Å². The SMILES string of the molecule is O=C(O)CCS(=O)(=O)C1CCOC2(CCCC2)C1. The number of carboxylic acid groups (broad SMARTS) is 1. The molecule has 1 N–H and O–H groups in total. The van der Waals surface area contributed by atoms with Crippen LogP contribution in [0.5, 0.6) is 0 Å². The zero-order valence-electron chi connectivity index (χ0n) is 10.4. The minimum Gasteiger partial charge on any atom is -0.481 e. The van der Waals surface area contributed by atoms with Gasteiger partial charge in [0.05, 0.1) is 23.0 Å². The highest BCUT2D eigenvalue weighted by molar-refractivity contribution is 7.92. The van der Waals surface area contributed by atoms with Crippen LogP contribution in [0.4, 0.5) is 0 Å². The Morgan fingerprint density at radius 1 is 1.33 bits per heavy atom. The van der Waals surface area contributed by atoms with Crippen LogP contribution in [-0.2, 0) is 19.4 Å². The summed E-state index contributed by atoms with van der Waals surface area (Å²) in [5, 5.41) is 8.18. The molecule has 1 saturated carbocycles. The van der Waals surface area contributed by atoms with Crippen LogP contribution in [-0.4, -0.2) is 42.7 Å². The summed E-state index contributed by atoms with van der Waals surface area (Å²) in [5.41, 5.74) is -0.237. The highest BCUT2D eigenvalue weighted by atomic mass is 32.2. The molecule has 2 aliphatic rings. The summed E-state index contributed by atoms with van der Waals surface area (Å²) < 4.78 is 30.0. The van der Waals surface area contributed by atoms with Crippen molar-refractivity contribution in [3.63, 3.8) is 0 Å². The van der Waals surface area contributed by atoms with E-state index in [-0.39, 0.29) is 17.8 Å². The fourth-order valence-corrected chi connectivity index (χ4v) is 4.86. The molecule has 1 aliphatic heterocycles.